The molecule has 0 saturated carbocycles. The number of hydrogen-bond acceptors (Lipinski definition) is 5. The topological polar surface area (TPSA) is 50.3 Å². The van der Waals surface area contributed by atoms with Crippen molar-refractivity contribution in [2.75, 3.05) is 36.5 Å². The Kier molecular flexibility index (Phi) is 4.96. The molecule has 0 bridgehead atoms. The van der Waals surface area contributed by atoms with E-state index >= 15 is 0 Å². The fourth-order valence-corrected chi connectivity index (χ4v) is 2.41. The lowest BCUT2D eigenvalue weighted by molar-refractivity contribution is 0.0984. The normalized spacial score (nSPS) is 19.5. The van der Waals surface area contributed by atoms with Crippen molar-refractivity contribution >= 4 is 11.6 Å². The van der Waals surface area contributed by atoms with Crippen LogP contribution in [0.1, 0.15) is 32.8 Å². The fraction of sp³-hybridized carbons (Fsp3) is 0.714. The molecule has 1 fully saturated rings. The van der Waals surface area contributed by atoms with E-state index in [-0.39, 0.29) is 0 Å². The molecule has 1 aromatic rings. The summed E-state index contributed by atoms with van der Waals surface area (Å²) in [4.78, 5) is 11.2. The van der Waals surface area contributed by atoms with E-state index in [9.17, 15) is 0 Å². The van der Waals surface area contributed by atoms with Gasteiger partial charge >= 0.3 is 0 Å². The SMILES string of the molecule is CCCNc1ncnc(N2CCOCC2C)c1CC. The van der Waals surface area contributed by atoms with Crippen molar-refractivity contribution in [2.45, 2.75) is 39.7 Å². The van der Waals surface area contributed by atoms with Crippen LogP contribution in [0.3, 0.4) is 0 Å². The van der Waals surface area contributed by atoms with E-state index in [2.05, 4.69) is 41.0 Å². The molecular formula is C14H24N4O. The van der Waals surface area contributed by atoms with Crippen LogP contribution in [-0.2, 0) is 11.2 Å². The highest BCUT2D eigenvalue weighted by molar-refractivity contribution is 5.59. The van der Waals surface area contributed by atoms with Crippen molar-refractivity contribution in [1.82, 2.24) is 9.97 Å². The monoisotopic (exact) mass is 264 g/mol. The number of aromatic nitrogens is 2. The summed E-state index contributed by atoms with van der Waals surface area (Å²) in [5.41, 5.74) is 1.21. The zero-order valence-corrected chi connectivity index (χ0v) is 12.1. The van der Waals surface area contributed by atoms with Gasteiger partial charge < -0.3 is 15.0 Å². The van der Waals surface area contributed by atoms with E-state index in [1.807, 2.05) is 0 Å². The van der Waals surface area contributed by atoms with Crippen molar-refractivity contribution in [1.29, 1.82) is 0 Å². The van der Waals surface area contributed by atoms with Gasteiger partial charge in [0.25, 0.3) is 0 Å². The fourth-order valence-electron chi connectivity index (χ4n) is 2.41. The number of hydrogen-bond donors (Lipinski definition) is 1. The maximum atomic E-state index is 5.50. The van der Waals surface area contributed by atoms with Crippen molar-refractivity contribution in [3.8, 4) is 0 Å². The van der Waals surface area contributed by atoms with E-state index in [1.165, 1.54) is 5.56 Å². The molecule has 19 heavy (non-hydrogen) atoms. The van der Waals surface area contributed by atoms with Crippen LogP contribution in [0.2, 0.25) is 0 Å². The second kappa shape index (κ2) is 6.70. The minimum Gasteiger partial charge on any atom is -0.377 e. The van der Waals surface area contributed by atoms with E-state index < -0.39 is 0 Å². The summed E-state index contributed by atoms with van der Waals surface area (Å²) in [5, 5.41) is 3.40. The summed E-state index contributed by atoms with van der Waals surface area (Å²) in [6, 6.07) is 0.368. The standard InChI is InChI=1S/C14H24N4O/c1-4-6-15-13-12(5-2)14(17-10-16-13)18-7-8-19-9-11(18)3/h10-11H,4-9H2,1-3H3,(H,15,16,17). The molecule has 1 aliphatic heterocycles. The largest absolute Gasteiger partial charge is 0.377 e. The van der Waals surface area contributed by atoms with Crippen LogP contribution in [-0.4, -0.2) is 42.3 Å². The zero-order valence-electron chi connectivity index (χ0n) is 12.1. The lowest BCUT2D eigenvalue weighted by Gasteiger charge is -2.35. The summed E-state index contributed by atoms with van der Waals surface area (Å²) >= 11 is 0. The minimum absolute atomic E-state index is 0.368. The van der Waals surface area contributed by atoms with Crippen molar-refractivity contribution in [2.24, 2.45) is 0 Å². The third kappa shape index (κ3) is 3.15. The second-order valence-corrected chi connectivity index (χ2v) is 4.92. The molecule has 1 N–H and O–H groups in total. The highest BCUT2D eigenvalue weighted by atomic mass is 16.5. The predicted octanol–water partition coefficient (Wildman–Crippen LogP) is 2.09. The Morgan fingerprint density at radius 3 is 2.95 bits per heavy atom. The molecule has 2 rings (SSSR count). The van der Waals surface area contributed by atoms with Gasteiger partial charge in [-0.15, -0.1) is 0 Å². The lowest BCUT2D eigenvalue weighted by Crippen LogP contribution is -2.44. The highest BCUT2D eigenvalue weighted by Gasteiger charge is 2.23. The number of nitrogens with one attached hydrogen (secondary N) is 1. The average molecular weight is 264 g/mol. The Morgan fingerprint density at radius 1 is 1.42 bits per heavy atom. The molecule has 106 valence electrons. The van der Waals surface area contributed by atoms with Gasteiger partial charge in [-0.25, -0.2) is 9.97 Å². The predicted molar refractivity (Wildman–Crippen MR) is 77.8 cm³/mol. The summed E-state index contributed by atoms with van der Waals surface area (Å²) in [7, 11) is 0. The molecule has 5 nitrogen and oxygen atoms in total. The van der Waals surface area contributed by atoms with Gasteiger partial charge in [-0.3, -0.25) is 0 Å². The number of ether oxygens (including phenoxy) is 1. The maximum Gasteiger partial charge on any atom is 0.137 e. The Labute approximate surface area is 115 Å². The zero-order chi connectivity index (χ0) is 13.7. The van der Waals surface area contributed by atoms with Gasteiger partial charge in [-0.05, 0) is 19.8 Å². The minimum atomic E-state index is 0.368. The lowest BCUT2D eigenvalue weighted by atomic mass is 10.1. The first-order valence-electron chi connectivity index (χ1n) is 7.20. The van der Waals surface area contributed by atoms with Crippen LogP contribution in [0.25, 0.3) is 0 Å². The molecule has 0 aliphatic carbocycles. The highest BCUT2D eigenvalue weighted by Crippen LogP contribution is 2.26. The number of rotatable bonds is 5. The Bertz CT molecular complexity index is 410. The van der Waals surface area contributed by atoms with Crippen molar-refractivity contribution in [3.05, 3.63) is 11.9 Å². The first kappa shape index (κ1) is 14.1. The third-order valence-corrected chi connectivity index (χ3v) is 3.46. The molecule has 1 unspecified atom stereocenters. The van der Waals surface area contributed by atoms with E-state index in [0.717, 1.165) is 50.8 Å². The first-order chi connectivity index (χ1) is 9.27. The molecule has 0 aromatic carbocycles. The van der Waals surface area contributed by atoms with Crippen LogP contribution < -0.4 is 10.2 Å². The average Bonchev–Trinajstić information content (AvgIpc) is 2.45. The molecule has 5 heteroatoms. The van der Waals surface area contributed by atoms with Crippen LogP contribution in [0.15, 0.2) is 6.33 Å². The molecule has 2 heterocycles. The molecule has 1 aliphatic rings. The number of anilines is 2. The molecule has 1 aromatic heterocycles. The molecule has 1 atom stereocenters. The van der Waals surface area contributed by atoms with E-state index in [0.29, 0.717) is 6.04 Å². The van der Waals surface area contributed by atoms with Gasteiger partial charge in [0.1, 0.15) is 18.0 Å². The summed E-state index contributed by atoms with van der Waals surface area (Å²) in [6.07, 6.45) is 3.69. The molecular weight excluding hydrogens is 240 g/mol. The summed E-state index contributed by atoms with van der Waals surface area (Å²) in [6.45, 7) is 9.88. The quantitative estimate of drug-likeness (QED) is 0.882. The van der Waals surface area contributed by atoms with Gasteiger partial charge in [0, 0.05) is 18.7 Å². The number of nitrogens with zero attached hydrogens (tertiary/aromatic N) is 3. The van der Waals surface area contributed by atoms with Gasteiger partial charge in [0.15, 0.2) is 0 Å². The maximum absolute atomic E-state index is 5.50. The first-order valence-corrected chi connectivity index (χ1v) is 7.20. The van der Waals surface area contributed by atoms with Crippen LogP contribution in [0, 0.1) is 0 Å². The van der Waals surface area contributed by atoms with Crippen molar-refractivity contribution < 1.29 is 4.74 Å². The van der Waals surface area contributed by atoms with Crippen LogP contribution >= 0.6 is 0 Å². The van der Waals surface area contributed by atoms with Gasteiger partial charge in [-0.2, -0.15) is 0 Å². The third-order valence-electron chi connectivity index (χ3n) is 3.46. The van der Waals surface area contributed by atoms with Crippen LogP contribution in [0.5, 0.6) is 0 Å². The summed E-state index contributed by atoms with van der Waals surface area (Å²) in [5.74, 6) is 2.04. The smallest absolute Gasteiger partial charge is 0.137 e. The molecule has 1 saturated heterocycles. The van der Waals surface area contributed by atoms with Gasteiger partial charge in [0.2, 0.25) is 0 Å². The van der Waals surface area contributed by atoms with Gasteiger partial charge in [0.05, 0.1) is 19.3 Å². The van der Waals surface area contributed by atoms with Gasteiger partial charge in [-0.1, -0.05) is 13.8 Å². The van der Waals surface area contributed by atoms with Crippen molar-refractivity contribution in [3.63, 3.8) is 0 Å². The van der Waals surface area contributed by atoms with Crippen LogP contribution in [0.4, 0.5) is 11.6 Å². The molecule has 0 spiro atoms. The Balaban J connectivity index is 2.28. The summed E-state index contributed by atoms with van der Waals surface area (Å²) < 4.78 is 5.50. The second-order valence-electron chi connectivity index (χ2n) is 4.92. The Morgan fingerprint density at radius 2 is 2.26 bits per heavy atom. The number of morpholine rings is 1. The Hall–Kier alpha value is -1.36. The molecule has 0 radical (unpaired) electrons. The molecule has 0 amide bonds. The van der Waals surface area contributed by atoms with E-state index in [1.54, 1.807) is 6.33 Å². The van der Waals surface area contributed by atoms with E-state index in [4.69, 9.17) is 4.74 Å².